The van der Waals surface area contributed by atoms with Gasteiger partial charge in [-0.1, -0.05) is 25.1 Å². The topological polar surface area (TPSA) is 58.2 Å². The van der Waals surface area contributed by atoms with Crippen LogP contribution >= 0.6 is 0 Å². The highest BCUT2D eigenvalue weighted by Crippen LogP contribution is 2.25. The summed E-state index contributed by atoms with van der Waals surface area (Å²) in [5, 5.41) is 5.95. The largest absolute Gasteiger partial charge is 0.326 e. The molecule has 0 atom stereocenters. The summed E-state index contributed by atoms with van der Waals surface area (Å²) in [6.45, 7) is 4.08. The molecule has 2 N–H and O–H groups in total. The van der Waals surface area contributed by atoms with E-state index in [9.17, 15) is 9.59 Å². The van der Waals surface area contributed by atoms with E-state index in [1.165, 1.54) is 0 Å². The van der Waals surface area contributed by atoms with Crippen LogP contribution in [0.2, 0.25) is 0 Å². The minimum absolute atomic E-state index is 0.0402. The molecule has 24 heavy (non-hydrogen) atoms. The lowest BCUT2D eigenvalue weighted by Gasteiger charge is -2.14. The Kier molecular flexibility index (Phi) is 4.65. The second-order valence-electron chi connectivity index (χ2n) is 6.19. The van der Waals surface area contributed by atoms with Gasteiger partial charge >= 0.3 is 0 Å². The average Bonchev–Trinajstić information content (AvgIpc) is 2.76. The van der Waals surface area contributed by atoms with Gasteiger partial charge in [0.15, 0.2) is 0 Å². The van der Waals surface area contributed by atoms with Gasteiger partial charge in [-0.05, 0) is 61.1 Å². The molecule has 2 aromatic carbocycles. The fourth-order valence-corrected chi connectivity index (χ4v) is 3.10. The second kappa shape index (κ2) is 6.87. The monoisotopic (exact) mass is 322 g/mol. The summed E-state index contributed by atoms with van der Waals surface area (Å²) in [4.78, 5) is 24.3. The predicted octanol–water partition coefficient (Wildman–Crippen LogP) is 4.08. The fourth-order valence-electron chi connectivity index (χ4n) is 3.10. The van der Waals surface area contributed by atoms with Gasteiger partial charge in [0.05, 0.1) is 0 Å². The van der Waals surface area contributed by atoms with Crippen molar-refractivity contribution in [3.63, 3.8) is 0 Å². The molecule has 0 bridgehead atoms. The third-order valence-corrected chi connectivity index (χ3v) is 4.47. The van der Waals surface area contributed by atoms with Gasteiger partial charge in [0.1, 0.15) is 0 Å². The summed E-state index contributed by atoms with van der Waals surface area (Å²) in [7, 11) is 0. The zero-order chi connectivity index (χ0) is 17.1. The molecule has 0 aliphatic carbocycles. The number of hydrogen-bond donors (Lipinski definition) is 2. The Hall–Kier alpha value is -2.62. The summed E-state index contributed by atoms with van der Waals surface area (Å²) < 4.78 is 0. The molecule has 0 saturated heterocycles. The third-order valence-electron chi connectivity index (χ3n) is 4.47. The van der Waals surface area contributed by atoms with Crippen molar-refractivity contribution in [2.24, 2.45) is 0 Å². The minimum atomic E-state index is -0.114. The van der Waals surface area contributed by atoms with Gasteiger partial charge in [-0.15, -0.1) is 0 Å². The van der Waals surface area contributed by atoms with Gasteiger partial charge in [0.2, 0.25) is 5.91 Å². The molecular formula is C20H22N2O2. The molecule has 124 valence electrons. The Bertz CT molecular complexity index is 796. The molecule has 0 unspecified atom stereocenters. The van der Waals surface area contributed by atoms with Gasteiger partial charge in [0, 0.05) is 23.4 Å². The predicted molar refractivity (Wildman–Crippen MR) is 96.5 cm³/mol. The lowest BCUT2D eigenvalue weighted by molar-refractivity contribution is -0.116. The quantitative estimate of drug-likeness (QED) is 0.894. The Balaban J connectivity index is 1.86. The van der Waals surface area contributed by atoms with Gasteiger partial charge in [-0.25, -0.2) is 0 Å². The number of nitrogens with one attached hydrogen (secondary N) is 2. The number of para-hydroxylation sites is 1. The number of amides is 2. The summed E-state index contributed by atoms with van der Waals surface area (Å²) in [6, 6.07) is 11.5. The molecule has 0 aromatic heterocycles. The van der Waals surface area contributed by atoms with E-state index in [4.69, 9.17) is 0 Å². The van der Waals surface area contributed by atoms with E-state index in [1.54, 1.807) is 6.07 Å². The maximum Gasteiger partial charge on any atom is 0.255 e. The van der Waals surface area contributed by atoms with Crippen molar-refractivity contribution in [2.75, 3.05) is 10.6 Å². The standard InChI is InChI=1S/C20H22N2O2/c1-3-14-7-4-6-13(2)19(14)22-20(24)16-10-11-17-15(12-16)8-5-9-18(23)21-17/h4,6-7,10-12H,3,5,8-9H2,1-2H3,(H,21,23)(H,22,24). The lowest BCUT2D eigenvalue weighted by Crippen LogP contribution is -2.15. The van der Waals surface area contributed by atoms with Crippen LogP contribution in [0.25, 0.3) is 0 Å². The molecule has 3 rings (SSSR count). The van der Waals surface area contributed by atoms with Crippen molar-refractivity contribution in [3.05, 3.63) is 58.7 Å². The SMILES string of the molecule is CCc1cccc(C)c1NC(=O)c1ccc2c(c1)CCCC(=O)N2. The van der Waals surface area contributed by atoms with Crippen LogP contribution < -0.4 is 10.6 Å². The summed E-state index contributed by atoms with van der Waals surface area (Å²) in [5.41, 5.74) is 5.55. The molecule has 4 nitrogen and oxygen atoms in total. The van der Waals surface area contributed by atoms with Crippen LogP contribution in [0.5, 0.6) is 0 Å². The number of hydrogen-bond acceptors (Lipinski definition) is 2. The van der Waals surface area contributed by atoms with Gasteiger partial charge in [-0.2, -0.15) is 0 Å². The maximum absolute atomic E-state index is 12.7. The molecule has 0 saturated carbocycles. The van der Waals surface area contributed by atoms with Gasteiger partial charge in [0.25, 0.3) is 5.91 Å². The van der Waals surface area contributed by atoms with E-state index in [1.807, 2.05) is 37.3 Å². The van der Waals surface area contributed by atoms with E-state index >= 15 is 0 Å². The number of rotatable bonds is 3. The van der Waals surface area contributed by atoms with Crippen molar-refractivity contribution in [2.45, 2.75) is 39.5 Å². The molecule has 2 amide bonds. The minimum Gasteiger partial charge on any atom is -0.326 e. The van der Waals surface area contributed by atoms with E-state index < -0.39 is 0 Å². The Labute approximate surface area is 142 Å². The molecule has 0 spiro atoms. The molecule has 1 heterocycles. The highest BCUT2D eigenvalue weighted by molar-refractivity contribution is 6.05. The fraction of sp³-hybridized carbons (Fsp3) is 0.300. The second-order valence-corrected chi connectivity index (χ2v) is 6.19. The van der Waals surface area contributed by atoms with Crippen LogP contribution in [0.4, 0.5) is 11.4 Å². The van der Waals surface area contributed by atoms with Crippen LogP contribution in [-0.2, 0) is 17.6 Å². The number of fused-ring (bicyclic) bond motifs is 1. The Morgan fingerprint density at radius 2 is 2.04 bits per heavy atom. The number of aryl methyl sites for hydroxylation is 3. The van der Waals surface area contributed by atoms with Crippen molar-refractivity contribution in [3.8, 4) is 0 Å². The summed E-state index contributed by atoms with van der Waals surface area (Å²) in [6.07, 6.45) is 3.01. The van der Waals surface area contributed by atoms with Crippen LogP contribution in [0.3, 0.4) is 0 Å². The first kappa shape index (κ1) is 16.2. The molecule has 2 aromatic rings. The van der Waals surface area contributed by atoms with Crippen molar-refractivity contribution in [1.29, 1.82) is 0 Å². The van der Waals surface area contributed by atoms with Crippen molar-refractivity contribution in [1.82, 2.24) is 0 Å². The average molecular weight is 322 g/mol. The van der Waals surface area contributed by atoms with Gasteiger partial charge in [-0.3, -0.25) is 9.59 Å². The van der Waals surface area contributed by atoms with E-state index in [-0.39, 0.29) is 11.8 Å². The summed E-state index contributed by atoms with van der Waals surface area (Å²) in [5.74, 6) is -0.0733. The molecule has 4 heteroatoms. The van der Waals surface area contributed by atoms with E-state index in [2.05, 4.69) is 17.6 Å². The molecule has 1 aliphatic heterocycles. The van der Waals surface area contributed by atoms with Crippen molar-refractivity contribution < 1.29 is 9.59 Å². The first-order valence-corrected chi connectivity index (χ1v) is 8.41. The third kappa shape index (κ3) is 3.32. The zero-order valence-corrected chi connectivity index (χ0v) is 14.1. The lowest BCUT2D eigenvalue weighted by atomic mass is 10.0. The zero-order valence-electron chi connectivity index (χ0n) is 14.1. The number of benzene rings is 2. The smallest absolute Gasteiger partial charge is 0.255 e. The number of carbonyl (C=O) groups excluding carboxylic acids is 2. The number of anilines is 2. The maximum atomic E-state index is 12.7. The molecular weight excluding hydrogens is 300 g/mol. The van der Waals surface area contributed by atoms with Crippen LogP contribution in [-0.4, -0.2) is 11.8 Å². The molecule has 1 aliphatic rings. The van der Waals surface area contributed by atoms with Crippen molar-refractivity contribution >= 4 is 23.2 Å². The Morgan fingerprint density at radius 1 is 1.21 bits per heavy atom. The molecule has 0 radical (unpaired) electrons. The van der Waals surface area contributed by atoms with E-state index in [0.717, 1.165) is 47.3 Å². The van der Waals surface area contributed by atoms with Gasteiger partial charge < -0.3 is 10.6 Å². The summed E-state index contributed by atoms with van der Waals surface area (Å²) >= 11 is 0. The first-order valence-electron chi connectivity index (χ1n) is 8.41. The molecule has 0 fully saturated rings. The van der Waals surface area contributed by atoms with Crippen LogP contribution in [0.1, 0.15) is 46.8 Å². The van der Waals surface area contributed by atoms with Crippen LogP contribution in [0.15, 0.2) is 36.4 Å². The van der Waals surface area contributed by atoms with Crippen LogP contribution in [0, 0.1) is 6.92 Å². The number of carbonyl (C=O) groups is 2. The highest BCUT2D eigenvalue weighted by Gasteiger charge is 2.16. The van der Waals surface area contributed by atoms with E-state index in [0.29, 0.717) is 12.0 Å². The Morgan fingerprint density at radius 3 is 2.83 bits per heavy atom. The first-order chi connectivity index (χ1) is 11.6. The normalized spacial score (nSPS) is 13.7. The highest BCUT2D eigenvalue weighted by atomic mass is 16.2.